The first-order valence-electron chi connectivity index (χ1n) is 11.4. The van der Waals surface area contributed by atoms with Crippen LogP contribution < -0.4 is 4.90 Å². The Bertz CT molecular complexity index is 1060. The van der Waals surface area contributed by atoms with Crippen molar-refractivity contribution in [2.45, 2.75) is 24.5 Å². The van der Waals surface area contributed by atoms with Crippen molar-refractivity contribution in [3.8, 4) is 0 Å². The van der Waals surface area contributed by atoms with Crippen molar-refractivity contribution in [3.63, 3.8) is 0 Å². The van der Waals surface area contributed by atoms with Crippen LogP contribution in [0.4, 0.5) is 5.82 Å². The monoisotopic (exact) mass is 464 g/mol. The highest BCUT2D eigenvalue weighted by Gasteiger charge is 2.45. The number of ether oxygens (including phenoxy) is 1. The second-order valence-electron chi connectivity index (χ2n) is 9.01. The van der Waals surface area contributed by atoms with Gasteiger partial charge in [0, 0.05) is 26.0 Å². The van der Waals surface area contributed by atoms with Crippen LogP contribution in [0.15, 0.2) is 77.5 Å². The van der Waals surface area contributed by atoms with E-state index in [2.05, 4.69) is 5.16 Å². The number of likely N-dealkylation sites (tertiary alicyclic amines) is 1. The molecule has 3 aromatic rings. The average molecular weight is 465 g/mol. The van der Waals surface area contributed by atoms with Gasteiger partial charge in [-0.3, -0.25) is 9.69 Å². The Morgan fingerprint density at radius 1 is 1.12 bits per heavy atom. The molecular weight excluding hydrogens is 434 g/mol. The zero-order valence-electron chi connectivity index (χ0n) is 19.5. The van der Waals surface area contributed by atoms with Gasteiger partial charge in [-0.05, 0) is 11.1 Å². The molecule has 4 rings (SSSR count). The fourth-order valence-electron chi connectivity index (χ4n) is 4.61. The van der Waals surface area contributed by atoms with Crippen LogP contribution in [0.25, 0.3) is 0 Å². The summed E-state index contributed by atoms with van der Waals surface area (Å²) in [6.07, 6.45) is 3.16. The van der Waals surface area contributed by atoms with Gasteiger partial charge in [-0.1, -0.05) is 65.8 Å². The number of carbonyl (C=O) groups excluding carboxylic acids is 2. The predicted octanol–water partition coefficient (Wildman–Crippen LogP) is 2.73. The van der Waals surface area contributed by atoms with Gasteiger partial charge < -0.3 is 18.8 Å². The zero-order chi connectivity index (χ0) is 24.2. The molecule has 178 valence electrons. The van der Waals surface area contributed by atoms with E-state index in [1.165, 1.54) is 11.2 Å². The van der Waals surface area contributed by atoms with Crippen LogP contribution in [0.3, 0.4) is 0 Å². The molecule has 1 aromatic heterocycles. The van der Waals surface area contributed by atoms with Gasteiger partial charge in [-0.2, -0.15) is 0 Å². The van der Waals surface area contributed by atoms with Crippen LogP contribution in [0.1, 0.15) is 24.0 Å². The van der Waals surface area contributed by atoms with Gasteiger partial charge in [0.2, 0.25) is 5.60 Å². The van der Waals surface area contributed by atoms with Gasteiger partial charge >= 0.3 is 5.97 Å². The van der Waals surface area contributed by atoms with Crippen LogP contribution in [0, 0.1) is 0 Å². The molecule has 2 aromatic carbocycles. The molecule has 8 nitrogen and oxygen atoms in total. The molecule has 0 radical (unpaired) electrons. The van der Waals surface area contributed by atoms with E-state index >= 15 is 0 Å². The van der Waals surface area contributed by atoms with Gasteiger partial charge in [0.1, 0.15) is 18.9 Å². The number of esters is 1. The molecule has 8 heteroatoms. The summed E-state index contributed by atoms with van der Waals surface area (Å²) in [5.74, 6) is -0.372. The topological polar surface area (TPSA) is 92.9 Å². The number of quaternary nitrogens is 1. The van der Waals surface area contributed by atoms with E-state index in [0.29, 0.717) is 21.4 Å². The number of likely N-dealkylation sites (N-methyl/N-ethyl adjacent to an activating group) is 2. The second-order valence-corrected chi connectivity index (χ2v) is 9.01. The van der Waals surface area contributed by atoms with Crippen LogP contribution >= 0.6 is 0 Å². The molecule has 0 spiro atoms. The number of aliphatic hydroxyl groups is 1. The van der Waals surface area contributed by atoms with E-state index in [1.54, 1.807) is 61.6 Å². The zero-order valence-corrected chi connectivity index (χ0v) is 19.5. The summed E-state index contributed by atoms with van der Waals surface area (Å²) >= 11 is 0. The summed E-state index contributed by atoms with van der Waals surface area (Å²) < 4.78 is 11.0. The first-order chi connectivity index (χ1) is 16.3. The fourth-order valence-corrected chi connectivity index (χ4v) is 4.61. The fraction of sp³-hybridized carbons (Fsp3) is 0.346. The lowest BCUT2D eigenvalue weighted by atomic mass is 9.86. The van der Waals surface area contributed by atoms with Gasteiger partial charge in [0.25, 0.3) is 5.91 Å². The summed E-state index contributed by atoms with van der Waals surface area (Å²) in [5, 5.41) is 15.4. The predicted molar refractivity (Wildman–Crippen MR) is 126 cm³/mol. The summed E-state index contributed by atoms with van der Waals surface area (Å²) in [7, 11) is 3.66. The van der Waals surface area contributed by atoms with E-state index in [0.717, 1.165) is 19.4 Å². The molecule has 0 bridgehead atoms. The van der Waals surface area contributed by atoms with E-state index in [9.17, 15) is 14.7 Å². The van der Waals surface area contributed by atoms with E-state index in [-0.39, 0.29) is 25.1 Å². The highest BCUT2D eigenvalue weighted by molar-refractivity contribution is 5.92. The number of anilines is 1. The standard InChI is InChI=1S/C26H30N3O5/c1-28(23-15-17-34-27-23)24(30)18-29(2)16-9-14-22(29)19-33-25(31)26(32,20-10-5-3-6-11-20)21-12-7-4-8-13-21/h3-8,10-13,15,17,22,32H,9,14,16,18-19H2,1-2H3/q+1/t22-,29+/m0/s1. The molecule has 0 aliphatic carbocycles. The highest BCUT2D eigenvalue weighted by Crippen LogP contribution is 2.32. The number of hydrogen-bond acceptors (Lipinski definition) is 6. The number of benzene rings is 2. The third-order valence-electron chi connectivity index (χ3n) is 6.81. The minimum atomic E-state index is -1.92. The molecule has 1 fully saturated rings. The molecule has 1 aliphatic heterocycles. The number of aromatic nitrogens is 1. The second kappa shape index (κ2) is 9.79. The molecule has 2 atom stereocenters. The molecule has 1 aliphatic rings. The highest BCUT2D eigenvalue weighted by atomic mass is 16.6. The Hall–Kier alpha value is -3.49. The van der Waals surface area contributed by atoms with Crippen LogP contribution in [-0.2, 0) is 19.9 Å². The van der Waals surface area contributed by atoms with Crippen LogP contribution in [-0.4, -0.2) is 66.5 Å². The quantitative estimate of drug-likeness (QED) is 0.407. The lowest BCUT2D eigenvalue weighted by Crippen LogP contribution is -2.55. The lowest BCUT2D eigenvalue weighted by molar-refractivity contribution is -0.913. The van der Waals surface area contributed by atoms with Crippen molar-refractivity contribution in [2.75, 3.05) is 38.7 Å². The molecule has 1 amide bonds. The summed E-state index contributed by atoms with van der Waals surface area (Å²) in [6.45, 7) is 1.15. The maximum absolute atomic E-state index is 13.3. The number of amides is 1. The van der Waals surface area contributed by atoms with Crippen molar-refractivity contribution in [1.82, 2.24) is 5.16 Å². The molecule has 1 N–H and O–H groups in total. The Morgan fingerprint density at radius 3 is 2.29 bits per heavy atom. The smallest absolute Gasteiger partial charge is 0.347 e. The molecule has 1 saturated heterocycles. The molecule has 0 saturated carbocycles. The minimum Gasteiger partial charge on any atom is -0.457 e. The van der Waals surface area contributed by atoms with Crippen LogP contribution in [0.2, 0.25) is 0 Å². The number of hydrogen-bond donors (Lipinski definition) is 1. The minimum absolute atomic E-state index is 0.0607. The summed E-state index contributed by atoms with van der Waals surface area (Å²) in [4.78, 5) is 27.7. The molecule has 34 heavy (non-hydrogen) atoms. The van der Waals surface area contributed by atoms with E-state index in [1.807, 2.05) is 19.2 Å². The lowest BCUT2D eigenvalue weighted by Gasteiger charge is -2.36. The third-order valence-corrected chi connectivity index (χ3v) is 6.81. The van der Waals surface area contributed by atoms with E-state index in [4.69, 9.17) is 9.26 Å². The van der Waals surface area contributed by atoms with Crippen molar-refractivity contribution in [1.29, 1.82) is 0 Å². The maximum atomic E-state index is 13.3. The van der Waals surface area contributed by atoms with Crippen LogP contribution in [0.5, 0.6) is 0 Å². The number of carbonyl (C=O) groups is 2. The van der Waals surface area contributed by atoms with Crippen molar-refractivity contribution < 1.29 is 28.4 Å². The Balaban J connectivity index is 1.48. The van der Waals surface area contributed by atoms with E-state index < -0.39 is 11.6 Å². The first-order valence-corrected chi connectivity index (χ1v) is 11.4. The SMILES string of the molecule is CN(C(=O)C[N@@+]1(C)CCC[C@H]1COC(=O)C(O)(c1ccccc1)c1ccccc1)c1ccon1. The molecular formula is C26H30N3O5+. The van der Waals surface area contributed by atoms with Crippen molar-refractivity contribution in [3.05, 3.63) is 84.1 Å². The maximum Gasteiger partial charge on any atom is 0.347 e. The Kier molecular flexibility index (Phi) is 6.81. The first kappa shape index (κ1) is 23.7. The van der Waals surface area contributed by atoms with Gasteiger partial charge in [-0.25, -0.2) is 4.79 Å². The largest absolute Gasteiger partial charge is 0.457 e. The Morgan fingerprint density at radius 2 is 1.74 bits per heavy atom. The summed E-state index contributed by atoms with van der Waals surface area (Å²) in [6, 6.07) is 19.2. The third kappa shape index (κ3) is 4.60. The average Bonchev–Trinajstić information content (AvgIpc) is 3.52. The van der Waals surface area contributed by atoms with Gasteiger partial charge in [0.15, 0.2) is 12.4 Å². The van der Waals surface area contributed by atoms with Crippen molar-refractivity contribution >= 4 is 17.7 Å². The molecule has 0 unspecified atom stereocenters. The molecule has 2 heterocycles. The van der Waals surface area contributed by atoms with Crippen molar-refractivity contribution in [2.24, 2.45) is 0 Å². The van der Waals surface area contributed by atoms with Gasteiger partial charge in [0.05, 0.1) is 13.6 Å². The number of nitrogens with zero attached hydrogens (tertiary/aromatic N) is 3. The number of rotatable bonds is 8. The van der Waals surface area contributed by atoms with Gasteiger partial charge in [-0.15, -0.1) is 0 Å². The Labute approximate surface area is 198 Å². The summed E-state index contributed by atoms with van der Waals surface area (Å²) in [5.41, 5.74) is -1.04. The normalized spacial score (nSPS) is 20.1.